The van der Waals surface area contributed by atoms with E-state index in [-0.39, 0.29) is 0 Å². The summed E-state index contributed by atoms with van der Waals surface area (Å²) in [4.78, 5) is 0. The van der Waals surface area contributed by atoms with Crippen LogP contribution in [-0.2, 0) is 0 Å². The lowest BCUT2D eigenvalue weighted by molar-refractivity contribution is 1.09. The minimum atomic E-state index is 1.09. The van der Waals surface area contributed by atoms with Gasteiger partial charge in [-0.15, -0.1) is 0 Å². The second-order valence-electron chi connectivity index (χ2n) is 3.44. The summed E-state index contributed by atoms with van der Waals surface area (Å²) >= 11 is 0. The van der Waals surface area contributed by atoms with Crippen LogP contribution < -0.4 is 0 Å². The lowest BCUT2D eigenvalue weighted by Crippen LogP contribution is -1.84. The van der Waals surface area contributed by atoms with Gasteiger partial charge in [0, 0.05) is 0 Å². The first kappa shape index (κ1) is 13.7. The van der Waals surface area contributed by atoms with Crippen molar-refractivity contribution in [3.8, 4) is 0 Å². The highest BCUT2D eigenvalue weighted by atomic mass is 14.0. The average Bonchev–Trinajstić information content (AvgIpc) is 2.27. The molecule has 82 valence electrons. The molecule has 0 amide bonds. The molecule has 0 heterocycles. The van der Waals surface area contributed by atoms with E-state index in [1.807, 2.05) is 25.2 Å². The largest absolute Gasteiger partial charge is 0.0984 e. The highest BCUT2D eigenvalue weighted by Crippen LogP contribution is 2.16. The average molecular weight is 202 g/mol. The van der Waals surface area contributed by atoms with Gasteiger partial charge in [-0.3, -0.25) is 0 Å². The molecule has 0 aromatic heterocycles. The summed E-state index contributed by atoms with van der Waals surface area (Å²) in [6.07, 6.45) is 13.5. The number of hydrogen-bond donors (Lipinski definition) is 0. The molecule has 0 aromatic rings. The van der Waals surface area contributed by atoms with E-state index in [0.717, 1.165) is 6.42 Å². The molecule has 0 fully saturated rings. The van der Waals surface area contributed by atoms with Crippen molar-refractivity contribution < 1.29 is 0 Å². The highest BCUT2D eigenvalue weighted by Gasteiger charge is 1.96. The highest BCUT2D eigenvalue weighted by molar-refractivity contribution is 5.47. The molecule has 0 radical (unpaired) electrons. The van der Waals surface area contributed by atoms with E-state index in [9.17, 15) is 0 Å². The first-order chi connectivity index (χ1) is 7.19. The predicted octanol–water partition coefficient (Wildman–Crippen LogP) is 4.98. The summed E-state index contributed by atoms with van der Waals surface area (Å²) in [7, 11) is 0. The van der Waals surface area contributed by atoms with E-state index in [0.29, 0.717) is 0 Å². The standard InChI is InChI=1S/C15H22/c1-6-10-11-14(8-3)15(9-4)12-13(5)7-2/h6,8-12H,3,7H2,1-2,4-5H3/b10-6-,13-12+,14-11+,15-9+. The van der Waals surface area contributed by atoms with E-state index in [1.165, 1.54) is 16.7 Å². The van der Waals surface area contributed by atoms with Crippen molar-refractivity contribution in [1.82, 2.24) is 0 Å². The molecular formula is C15H22. The molecular weight excluding hydrogens is 180 g/mol. The van der Waals surface area contributed by atoms with Crippen LogP contribution in [0.5, 0.6) is 0 Å². The molecule has 0 nitrogen and oxygen atoms in total. The molecule has 0 unspecified atom stereocenters. The molecule has 0 aromatic carbocycles. The maximum Gasteiger partial charge on any atom is -0.0193 e. The Hall–Kier alpha value is -1.30. The summed E-state index contributed by atoms with van der Waals surface area (Å²) in [5.74, 6) is 0. The van der Waals surface area contributed by atoms with Crippen LogP contribution in [0.4, 0.5) is 0 Å². The molecule has 0 atom stereocenters. The van der Waals surface area contributed by atoms with Gasteiger partial charge in [0.05, 0.1) is 0 Å². The third-order valence-electron chi connectivity index (χ3n) is 2.29. The Kier molecular flexibility index (Phi) is 7.35. The Balaban J connectivity index is 5.04. The van der Waals surface area contributed by atoms with Crippen molar-refractivity contribution in [2.75, 3.05) is 0 Å². The Bertz CT molecular complexity index is 309. The van der Waals surface area contributed by atoms with Gasteiger partial charge in [-0.25, -0.2) is 0 Å². The van der Waals surface area contributed by atoms with Crippen LogP contribution in [0.3, 0.4) is 0 Å². The fourth-order valence-corrected chi connectivity index (χ4v) is 1.18. The smallest absolute Gasteiger partial charge is 0.0193 e. The second-order valence-corrected chi connectivity index (χ2v) is 3.44. The quantitative estimate of drug-likeness (QED) is 0.552. The zero-order valence-corrected chi connectivity index (χ0v) is 10.4. The predicted molar refractivity (Wildman–Crippen MR) is 70.9 cm³/mol. The van der Waals surface area contributed by atoms with Gasteiger partial charge < -0.3 is 0 Å². The third kappa shape index (κ3) is 5.21. The molecule has 0 spiro atoms. The minimum Gasteiger partial charge on any atom is -0.0984 e. The molecule has 0 saturated heterocycles. The third-order valence-corrected chi connectivity index (χ3v) is 2.29. The number of rotatable bonds is 5. The Morgan fingerprint density at radius 1 is 1.20 bits per heavy atom. The van der Waals surface area contributed by atoms with Gasteiger partial charge in [-0.2, -0.15) is 0 Å². The Morgan fingerprint density at radius 3 is 2.27 bits per heavy atom. The zero-order chi connectivity index (χ0) is 11.7. The summed E-state index contributed by atoms with van der Waals surface area (Å²) in [5.41, 5.74) is 3.79. The number of hydrogen-bond acceptors (Lipinski definition) is 0. The van der Waals surface area contributed by atoms with Crippen LogP contribution >= 0.6 is 0 Å². The SMILES string of the molecule is C=CC(=C\C=C/C)/C(/C=C(\C)CC)=C/C. The zero-order valence-electron chi connectivity index (χ0n) is 10.4. The summed E-state index contributed by atoms with van der Waals surface area (Å²) in [5, 5.41) is 0. The van der Waals surface area contributed by atoms with Crippen LogP contribution in [0.15, 0.2) is 59.8 Å². The van der Waals surface area contributed by atoms with Crippen LogP contribution in [0, 0.1) is 0 Å². The lowest BCUT2D eigenvalue weighted by atomic mass is 10.0. The molecule has 0 bridgehead atoms. The molecule has 0 heteroatoms. The summed E-state index contributed by atoms with van der Waals surface area (Å²) < 4.78 is 0. The van der Waals surface area contributed by atoms with Gasteiger partial charge >= 0.3 is 0 Å². The van der Waals surface area contributed by atoms with E-state index < -0.39 is 0 Å². The monoisotopic (exact) mass is 202 g/mol. The van der Waals surface area contributed by atoms with Crippen LogP contribution in [0.2, 0.25) is 0 Å². The van der Waals surface area contributed by atoms with Crippen molar-refractivity contribution in [1.29, 1.82) is 0 Å². The second kappa shape index (κ2) is 8.05. The molecule has 0 saturated carbocycles. The Morgan fingerprint density at radius 2 is 1.87 bits per heavy atom. The fraction of sp³-hybridized carbons (Fsp3) is 0.333. The van der Waals surface area contributed by atoms with Crippen LogP contribution in [0.1, 0.15) is 34.1 Å². The molecule has 0 rings (SSSR count). The molecule has 0 aliphatic rings. The van der Waals surface area contributed by atoms with Crippen LogP contribution in [0.25, 0.3) is 0 Å². The lowest BCUT2D eigenvalue weighted by Gasteiger charge is -2.04. The molecule has 0 aliphatic heterocycles. The van der Waals surface area contributed by atoms with E-state index in [1.54, 1.807) is 0 Å². The van der Waals surface area contributed by atoms with Gasteiger partial charge in [0.2, 0.25) is 0 Å². The van der Waals surface area contributed by atoms with Crippen molar-refractivity contribution in [2.45, 2.75) is 34.1 Å². The maximum atomic E-state index is 3.84. The van der Waals surface area contributed by atoms with Gasteiger partial charge in [-0.05, 0) is 38.3 Å². The van der Waals surface area contributed by atoms with Crippen molar-refractivity contribution in [2.24, 2.45) is 0 Å². The van der Waals surface area contributed by atoms with Gasteiger partial charge in [0.15, 0.2) is 0 Å². The molecule has 0 aliphatic carbocycles. The number of allylic oxidation sites excluding steroid dienone is 9. The fourth-order valence-electron chi connectivity index (χ4n) is 1.18. The maximum absolute atomic E-state index is 3.84. The van der Waals surface area contributed by atoms with Gasteiger partial charge in [-0.1, -0.05) is 55.5 Å². The van der Waals surface area contributed by atoms with Gasteiger partial charge in [0.1, 0.15) is 0 Å². The first-order valence-corrected chi connectivity index (χ1v) is 5.48. The van der Waals surface area contributed by atoms with E-state index in [4.69, 9.17) is 0 Å². The Labute approximate surface area is 94.4 Å². The first-order valence-electron chi connectivity index (χ1n) is 5.48. The summed E-state index contributed by atoms with van der Waals surface area (Å²) in [6, 6.07) is 0. The minimum absolute atomic E-state index is 1.09. The normalized spacial score (nSPS) is 14.8. The van der Waals surface area contributed by atoms with Crippen molar-refractivity contribution in [3.05, 3.63) is 59.8 Å². The molecule has 15 heavy (non-hydrogen) atoms. The summed E-state index contributed by atoms with van der Waals surface area (Å²) in [6.45, 7) is 12.2. The molecule has 0 N–H and O–H groups in total. The van der Waals surface area contributed by atoms with Gasteiger partial charge in [0.25, 0.3) is 0 Å². The topological polar surface area (TPSA) is 0 Å². The van der Waals surface area contributed by atoms with E-state index in [2.05, 4.69) is 45.6 Å². The van der Waals surface area contributed by atoms with E-state index >= 15 is 0 Å². The van der Waals surface area contributed by atoms with Crippen LogP contribution in [-0.4, -0.2) is 0 Å². The van der Waals surface area contributed by atoms with Crippen molar-refractivity contribution >= 4 is 0 Å². The van der Waals surface area contributed by atoms with Crippen molar-refractivity contribution in [3.63, 3.8) is 0 Å².